The second kappa shape index (κ2) is 10.5. The van der Waals surface area contributed by atoms with Crippen molar-refractivity contribution in [2.75, 3.05) is 0 Å². The first kappa shape index (κ1) is 21.5. The minimum atomic E-state index is -0.916. The zero-order chi connectivity index (χ0) is 21.3. The summed E-state index contributed by atoms with van der Waals surface area (Å²) in [6.45, 7) is 4.93. The Morgan fingerprint density at radius 2 is 1.83 bits per heavy atom. The molecule has 5 heteroatoms. The van der Waals surface area contributed by atoms with Crippen molar-refractivity contribution in [2.45, 2.75) is 52.5 Å². The molecule has 30 heavy (non-hydrogen) atoms. The van der Waals surface area contributed by atoms with Gasteiger partial charge in [-0.15, -0.1) is 0 Å². The first-order chi connectivity index (χ1) is 14.6. The molecule has 3 rings (SSSR count). The van der Waals surface area contributed by atoms with Gasteiger partial charge in [-0.2, -0.15) is 5.10 Å². The van der Waals surface area contributed by atoms with Gasteiger partial charge < -0.3 is 5.11 Å². The monoisotopic (exact) mass is 403 g/mol. The lowest BCUT2D eigenvalue weighted by molar-refractivity contribution is 0.0697. The van der Waals surface area contributed by atoms with Gasteiger partial charge in [-0.25, -0.2) is 14.5 Å². The third kappa shape index (κ3) is 5.44. The zero-order valence-electron chi connectivity index (χ0n) is 17.7. The molecule has 0 atom stereocenters. The average Bonchev–Trinajstić information content (AvgIpc) is 3.14. The predicted molar refractivity (Wildman–Crippen MR) is 121 cm³/mol. The molecule has 0 saturated heterocycles. The van der Waals surface area contributed by atoms with Crippen molar-refractivity contribution in [1.82, 2.24) is 14.8 Å². The molecular weight excluding hydrogens is 374 g/mol. The van der Waals surface area contributed by atoms with Crippen LogP contribution in [0.15, 0.2) is 54.6 Å². The molecule has 0 amide bonds. The lowest BCUT2D eigenvalue weighted by Crippen LogP contribution is -2.05. The van der Waals surface area contributed by atoms with Crippen LogP contribution in [0.2, 0.25) is 0 Å². The van der Waals surface area contributed by atoms with Crippen LogP contribution in [0, 0.1) is 0 Å². The molecule has 0 bridgehead atoms. The molecule has 0 fully saturated rings. The molecule has 1 aromatic heterocycles. The quantitative estimate of drug-likeness (QED) is 0.431. The summed E-state index contributed by atoms with van der Waals surface area (Å²) in [5.41, 5.74) is 3.02. The van der Waals surface area contributed by atoms with Gasteiger partial charge >= 0.3 is 5.97 Å². The standard InChI is InChI=1S/C25H29N3O2/c1-3-5-7-12-23-26-24(13-6-4-2)28(27-23)18-19-14-16-20(17-15-19)21-10-8-9-11-22(21)25(29)30/h6,8-11,13-17H,3-5,7,12,18H2,1-2H3,(H,29,30)/b13-6+. The molecule has 0 radical (unpaired) electrons. The van der Waals surface area contributed by atoms with E-state index in [4.69, 9.17) is 10.1 Å². The fourth-order valence-electron chi connectivity index (χ4n) is 3.39. The number of carbonyl (C=O) groups is 1. The van der Waals surface area contributed by atoms with E-state index in [1.807, 2.05) is 47.2 Å². The molecule has 0 aliphatic heterocycles. The fourth-order valence-corrected chi connectivity index (χ4v) is 3.39. The Labute approximate surface area is 178 Å². The van der Waals surface area contributed by atoms with E-state index in [0.29, 0.717) is 12.1 Å². The molecule has 1 heterocycles. The molecule has 0 aliphatic rings. The van der Waals surface area contributed by atoms with Crippen molar-refractivity contribution in [2.24, 2.45) is 0 Å². The summed E-state index contributed by atoms with van der Waals surface area (Å²) in [7, 11) is 0. The topological polar surface area (TPSA) is 68.0 Å². The summed E-state index contributed by atoms with van der Waals surface area (Å²) in [4.78, 5) is 16.2. The third-order valence-electron chi connectivity index (χ3n) is 5.01. The Bertz CT molecular complexity index is 1000. The van der Waals surface area contributed by atoms with Crippen LogP contribution in [-0.2, 0) is 13.0 Å². The molecular formula is C25H29N3O2. The number of rotatable bonds is 10. The Hall–Kier alpha value is -3.21. The highest BCUT2D eigenvalue weighted by atomic mass is 16.4. The van der Waals surface area contributed by atoms with Gasteiger partial charge in [0.25, 0.3) is 0 Å². The largest absolute Gasteiger partial charge is 0.478 e. The highest BCUT2D eigenvalue weighted by Gasteiger charge is 2.12. The number of carboxylic acid groups (broad SMARTS) is 1. The number of aryl methyl sites for hydroxylation is 1. The van der Waals surface area contributed by atoms with Crippen molar-refractivity contribution >= 4 is 12.0 Å². The Kier molecular flexibility index (Phi) is 7.55. The minimum absolute atomic E-state index is 0.310. The highest BCUT2D eigenvalue weighted by Crippen LogP contribution is 2.24. The normalized spacial score (nSPS) is 11.3. The van der Waals surface area contributed by atoms with Crippen LogP contribution in [0.3, 0.4) is 0 Å². The lowest BCUT2D eigenvalue weighted by Gasteiger charge is -2.08. The molecule has 0 spiro atoms. The van der Waals surface area contributed by atoms with Crippen LogP contribution >= 0.6 is 0 Å². The number of hydrogen-bond acceptors (Lipinski definition) is 3. The number of aromatic nitrogens is 3. The minimum Gasteiger partial charge on any atom is -0.478 e. The Balaban J connectivity index is 1.81. The van der Waals surface area contributed by atoms with E-state index in [2.05, 4.69) is 19.9 Å². The summed E-state index contributed by atoms with van der Waals surface area (Å²) in [6, 6.07) is 15.1. The van der Waals surface area contributed by atoms with Gasteiger partial charge in [-0.05, 0) is 41.7 Å². The number of allylic oxidation sites excluding steroid dienone is 1. The van der Waals surface area contributed by atoms with Gasteiger partial charge in [0.1, 0.15) is 0 Å². The number of unbranched alkanes of at least 4 members (excludes halogenated alkanes) is 2. The van der Waals surface area contributed by atoms with Crippen LogP contribution in [0.4, 0.5) is 0 Å². The van der Waals surface area contributed by atoms with Gasteiger partial charge in [0.15, 0.2) is 11.6 Å². The van der Waals surface area contributed by atoms with Gasteiger partial charge in [-0.3, -0.25) is 0 Å². The smallest absolute Gasteiger partial charge is 0.336 e. The van der Waals surface area contributed by atoms with E-state index in [1.54, 1.807) is 12.1 Å². The van der Waals surface area contributed by atoms with E-state index in [0.717, 1.165) is 47.6 Å². The zero-order valence-corrected chi connectivity index (χ0v) is 17.7. The van der Waals surface area contributed by atoms with Crippen molar-refractivity contribution in [3.8, 4) is 11.1 Å². The maximum Gasteiger partial charge on any atom is 0.336 e. The lowest BCUT2D eigenvalue weighted by atomic mass is 9.99. The van der Waals surface area contributed by atoms with Crippen LogP contribution < -0.4 is 0 Å². The van der Waals surface area contributed by atoms with Crippen LogP contribution in [0.1, 0.15) is 67.1 Å². The second-order valence-corrected chi connectivity index (χ2v) is 7.36. The number of nitrogens with zero attached hydrogens (tertiary/aromatic N) is 3. The molecule has 156 valence electrons. The van der Waals surface area contributed by atoms with Crippen LogP contribution in [-0.4, -0.2) is 25.8 Å². The molecule has 3 aromatic rings. The van der Waals surface area contributed by atoms with E-state index < -0.39 is 5.97 Å². The highest BCUT2D eigenvalue weighted by molar-refractivity contribution is 5.95. The van der Waals surface area contributed by atoms with E-state index in [9.17, 15) is 9.90 Å². The summed E-state index contributed by atoms with van der Waals surface area (Å²) in [6.07, 6.45) is 9.47. The molecule has 2 aromatic carbocycles. The van der Waals surface area contributed by atoms with Crippen molar-refractivity contribution in [3.05, 3.63) is 77.4 Å². The van der Waals surface area contributed by atoms with E-state index in [1.165, 1.54) is 12.8 Å². The van der Waals surface area contributed by atoms with Crippen molar-refractivity contribution < 1.29 is 9.90 Å². The predicted octanol–water partition coefficient (Wildman–Crippen LogP) is 5.85. The first-order valence-corrected chi connectivity index (χ1v) is 10.6. The summed E-state index contributed by atoms with van der Waals surface area (Å²) in [5.74, 6) is 0.857. The van der Waals surface area contributed by atoms with Crippen molar-refractivity contribution in [3.63, 3.8) is 0 Å². The molecule has 0 unspecified atom stereocenters. The van der Waals surface area contributed by atoms with Crippen molar-refractivity contribution in [1.29, 1.82) is 0 Å². The molecule has 0 saturated carbocycles. The SMILES string of the molecule is CC/C=C/c1nc(CCCCC)nn1Cc1ccc(-c2ccccc2C(=O)O)cc1. The first-order valence-electron chi connectivity index (χ1n) is 10.6. The number of aromatic carboxylic acids is 1. The summed E-state index contributed by atoms with van der Waals surface area (Å²) >= 11 is 0. The van der Waals surface area contributed by atoms with E-state index in [-0.39, 0.29) is 0 Å². The summed E-state index contributed by atoms with van der Waals surface area (Å²) in [5, 5.41) is 14.2. The van der Waals surface area contributed by atoms with Gasteiger partial charge in [0.05, 0.1) is 12.1 Å². The maximum absolute atomic E-state index is 11.5. The number of hydrogen-bond donors (Lipinski definition) is 1. The number of benzene rings is 2. The average molecular weight is 404 g/mol. The molecule has 0 aliphatic carbocycles. The Morgan fingerprint density at radius 3 is 2.53 bits per heavy atom. The maximum atomic E-state index is 11.5. The summed E-state index contributed by atoms with van der Waals surface area (Å²) < 4.78 is 1.95. The molecule has 1 N–H and O–H groups in total. The number of carboxylic acids is 1. The second-order valence-electron chi connectivity index (χ2n) is 7.36. The Morgan fingerprint density at radius 1 is 1.07 bits per heavy atom. The van der Waals surface area contributed by atoms with Crippen LogP contribution in [0.5, 0.6) is 0 Å². The van der Waals surface area contributed by atoms with Gasteiger partial charge in [0, 0.05) is 6.42 Å². The fraction of sp³-hybridized carbons (Fsp3) is 0.320. The van der Waals surface area contributed by atoms with Crippen LogP contribution in [0.25, 0.3) is 17.2 Å². The molecule has 5 nitrogen and oxygen atoms in total. The van der Waals surface area contributed by atoms with E-state index >= 15 is 0 Å². The van der Waals surface area contributed by atoms with Gasteiger partial charge in [-0.1, -0.05) is 75.2 Å². The third-order valence-corrected chi connectivity index (χ3v) is 5.01. The van der Waals surface area contributed by atoms with Gasteiger partial charge in [0.2, 0.25) is 0 Å².